The molecule has 68 heavy (non-hydrogen) atoms. The van der Waals surface area contributed by atoms with E-state index in [4.69, 9.17) is 35.3 Å². The van der Waals surface area contributed by atoms with Crippen molar-refractivity contribution in [1.82, 2.24) is 5.32 Å². The van der Waals surface area contributed by atoms with Gasteiger partial charge in [-0.05, 0) is 62.2 Å². The standard InChI is InChI=1S/C52H57ClN2O13/c1-11-32-17-12-13-18-35(32)54-40-41-45(60)38-37(44(40)59)39-48(30(7)47(38)67-51(63)33-19-21-34(53)22-20-33)68-52(9,49(39)61)65-24-23-36(64-10)27(4)46(66-31(8)56)29(6)43(58)28(5)42(57)25(2)15-14-16-26(3)50(62)55-41/h12-25,27-29,36,42-43,46,54,57-58H,11H2,1-10H3,(H,55,62). The predicted molar refractivity (Wildman–Crippen MR) is 252 cm³/mol. The van der Waals surface area contributed by atoms with Gasteiger partial charge in [0.1, 0.15) is 29.0 Å². The molecule has 3 aromatic carbocycles. The topological polar surface area (TPSA) is 213 Å². The van der Waals surface area contributed by atoms with Crippen molar-refractivity contribution >= 4 is 52.5 Å². The summed E-state index contributed by atoms with van der Waals surface area (Å²) >= 11 is 6.10. The fourth-order valence-corrected chi connectivity index (χ4v) is 8.87. The van der Waals surface area contributed by atoms with Gasteiger partial charge in [0.15, 0.2) is 0 Å². The molecular weight excluding hydrogens is 896 g/mol. The molecule has 4 aliphatic rings. The summed E-state index contributed by atoms with van der Waals surface area (Å²) < 4.78 is 29.9. The molecular formula is C52H57ClN2O13. The smallest absolute Gasteiger partial charge is 0.343 e. The minimum atomic E-state index is -2.19. The Bertz CT molecular complexity index is 2650. The Labute approximate surface area is 400 Å². The highest BCUT2D eigenvalue weighted by molar-refractivity contribution is 6.33. The van der Waals surface area contributed by atoms with Crippen LogP contribution in [0, 0.1) is 30.6 Å². The molecule has 0 fully saturated rings. The van der Waals surface area contributed by atoms with Crippen molar-refractivity contribution in [1.29, 1.82) is 0 Å². The van der Waals surface area contributed by atoms with Gasteiger partial charge in [-0.25, -0.2) is 4.79 Å². The van der Waals surface area contributed by atoms with Gasteiger partial charge in [0.25, 0.3) is 11.7 Å². The van der Waals surface area contributed by atoms with E-state index in [1.54, 1.807) is 58.0 Å². The third kappa shape index (κ3) is 10.1. The van der Waals surface area contributed by atoms with Crippen LogP contribution in [0.2, 0.25) is 5.02 Å². The molecule has 0 aromatic heterocycles. The van der Waals surface area contributed by atoms with Crippen LogP contribution in [-0.4, -0.2) is 82.7 Å². The number of halogens is 1. The quantitative estimate of drug-likeness (QED) is 0.132. The Kier molecular flexibility index (Phi) is 15.6. The molecule has 0 saturated carbocycles. The summed E-state index contributed by atoms with van der Waals surface area (Å²) in [5.74, 6) is -10.6. The molecule has 3 heterocycles. The number of ketones is 3. The van der Waals surface area contributed by atoms with Crippen LogP contribution in [0.15, 0.2) is 96.1 Å². The van der Waals surface area contributed by atoms with Crippen molar-refractivity contribution in [3.63, 3.8) is 0 Å². The van der Waals surface area contributed by atoms with Gasteiger partial charge in [0, 0.05) is 66.5 Å². The highest BCUT2D eigenvalue weighted by Gasteiger charge is 2.53. The lowest BCUT2D eigenvalue weighted by atomic mass is 9.78. The van der Waals surface area contributed by atoms with Crippen molar-refractivity contribution in [3.8, 4) is 11.5 Å². The Hall–Kier alpha value is -6.39. The van der Waals surface area contributed by atoms with E-state index in [1.165, 1.54) is 71.2 Å². The molecule has 3 aromatic rings. The maximum absolute atomic E-state index is 15.3. The zero-order chi connectivity index (χ0) is 49.9. The molecule has 9 atom stereocenters. The Morgan fingerprint density at radius 3 is 2.21 bits per heavy atom. The number of fused-ring (bicyclic) bond motifs is 14. The number of hydrogen-bond acceptors (Lipinski definition) is 14. The fraction of sp³-hybridized carbons (Fsp3) is 0.385. The largest absolute Gasteiger partial charge is 0.462 e. The Balaban J connectivity index is 1.58. The lowest BCUT2D eigenvalue weighted by Gasteiger charge is -2.38. The minimum absolute atomic E-state index is 0.0114. The number of allylic oxidation sites excluding steroid dienone is 4. The molecule has 9 unspecified atom stereocenters. The summed E-state index contributed by atoms with van der Waals surface area (Å²) in [6.07, 6.45) is 3.68. The summed E-state index contributed by atoms with van der Waals surface area (Å²) in [5.41, 5.74) is -0.844. The summed E-state index contributed by atoms with van der Waals surface area (Å²) in [4.78, 5) is 85.9. The average Bonchev–Trinajstić information content (AvgIpc) is 3.58. The van der Waals surface area contributed by atoms with Gasteiger partial charge in [-0.2, -0.15) is 0 Å². The van der Waals surface area contributed by atoms with Crippen LogP contribution in [0.5, 0.6) is 11.5 Å². The van der Waals surface area contributed by atoms with Crippen molar-refractivity contribution < 1.29 is 62.7 Å². The number of carbonyl (C=O) groups is 6. The number of amides is 1. The number of esters is 2. The molecule has 7 rings (SSSR count). The number of benzene rings is 3. The second kappa shape index (κ2) is 20.9. The number of rotatable bonds is 7. The van der Waals surface area contributed by atoms with Crippen LogP contribution in [-0.2, 0) is 30.2 Å². The van der Waals surface area contributed by atoms with Gasteiger partial charge in [-0.15, -0.1) is 0 Å². The first kappa shape index (κ1) is 51.0. The number of aryl methyl sites for hydroxylation is 1. The second-order valence-electron chi connectivity index (χ2n) is 17.6. The van der Waals surface area contributed by atoms with Gasteiger partial charge < -0.3 is 44.5 Å². The summed E-state index contributed by atoms with van der Waals surface area (Å²) in [5, 5.41) is 29.1. The molecule has 4 N–H and O–H groups in total. The lowest BCUT2D eigenvalue weighted by molar-refractivity contribution is -0.160. The molecule has 15 nitrogen and oxygen atoms in total. The fourth-order valence-electron chi connectivity index (χ4n) is 8.75. The molecule has 1 aliphatic carbocycles. The first-order chi connectivity index (χ1) is 32.1. The van der Waals surface area contributed by atoms with E-state index < -0.39 is 112 Å². The number of carbonyl (C=O) groups excluding carboxylic acids is 6. The zero-order valence-electron chi connectivity index (χ0n) is 39.6. The van der Waals surface area contributed by atoms with Crippen LogP contribution in [0.4, 0.5) is 5.69 Å². The summed E-state index contributed by atoms with van der Waals surface area (Å²) in [6, 6.07) is 12.8. The van der Waals surface area contributed by atoms with Gasteiger partial charge in [-0.1, -0.05) is 82.6 Å². The Morgan fingerprint density at radius 2 is 1.56 bits per heavy atom. The van der Waals surface area contributed by atoms with Crippen LogP contribution < -0.4 is 20.1 Å². The van der Waals surface area contributed by atoms with Crippen molar-refractivity contribution in [2.75, 3.05) is 12.4 Å². The molecule has 5 bridgehead atoms. The molecule has 16 heteroatoms. The minimum Gasteiger partial charge on any atom is -0.462 e. The van der Waals surface area contributed by atoms with E-state index in [0.29, 0.717) is 17.1 Å². The molecule has 0 spiro atoms. The van der Waals surface area contributed by atoms with Crippen molar-refractivity contribution in [2.24, 2.45) is 23.7 Å². The average molecular weight is 953 g/mol. The summed E-state index contributed by atoms with van der Waals surface area (Å²) in [7, 11) is 1.41. The number of para-hydroxylation sites is 1. The van der Waals surface area contributed by atoms with Gasteiger partial charge in [0.2, 0.25) is 11.6 Å². The molecule has 3 aliphatic heterocycles. The number of hydrogen-bond donors (Lipinski definition) is 4. The number of anilines is 1. The van der Waals surface area contributed by atoms with Crippen LogP contribution in [0.3, 0.4) is 0 Å². The number of Topliss-reactive ketones (excluding diaryl/α,β-unsaturated/α-hetero) is 3. The maximum atomic E-state index is 15.3. The molecule has 360 valence electrons. The highest BCUT2D eigenvalue weighted by atomic mass is 35.5. The third-order valence-corrected chi connectivity index (χ3v) is 13.1. The normalized spacial score (nSPS) is 26.7. The number of nitrogens with one attached hydrogen (secondary N) is 2. The third-order valence-electron chi connectivity index (χ3n) is 12.9. The van der Waals surface area contributed by atoms with E-state index in [1.807, 2.05) is 13.0 Å². The first-order valence-corrected chi connectivity index (χ1v) is 22.7. The highest BCUT2D eigenvalue weighted by Crippen LogP contribution is 2.49. The number of methoxy groups -OCH3 is 1. The van der Waals surface area contributed by atoms with Crippen LogP contribution >= 0.6 is 11.6 Å². The lowest BCUT2D eigenvalue weighted by Crippen LogP contribution is -2.46. The molecule has 0 radical (unpaired) electrons. The van der Waals surface area contributed by atoms with Gasteiger partial charge >= 0.3 is 17.7 Å². The van der Waals surface area contributed by atoms with E-state index >= 15 is 9.59 Å². The van der Waals surface area contributed by atoms with E-state index in [2.05, 4.69) is 10.6 Å². The monoisotopic (exact) mass is 952 g/mol. The SMILES string of the molecule is CCc1ccccc1NC1=C2NC(=O)C(C)=CC=CC(C)C(O)C(C)C(O)C(C)C(OC(C)=O)C(C)C(OC)C=COC3(C)Oc4c(C)c(OC(=O)c5ccc(Cl)cc5)c(c(c4C3=O)C1=O)C2=O. The van der Waals surface area contributed by atoms with Crippen molar-refractivity contribution in [3.05, 3.63) is 134 Å². The van der Waals surface area contributed by atoms with Crippen LogP contribution in [0.1, 0.15) is 108 Å². The first-order valence-electron chi connectivity index (χ1n) is 22.3. The van der Waals surface area contributed by atoms with E-state index in [9.17, 15) is 29.4 Å². The summed E-state index contributed by atoms with van der Waals surface area (Å²) in [6.45, 7) is 14.2. The number of ether oxygens (including phenoxy) is 5. The van der Waals surface area contributed by atoms with E-state index in [0.717, 1.165) is 11.8 Å². The zero-order valence-corrected chi connectivity index (χ0v) is 40.4. The maximum Gasteiger partial charge on any atom is 0.343 e. The van der Waals surface area contributed by atoms with Crippen LogP contribution in [0.25, 0.3) is 0 Å². The molecule has 0 saturated heterocycles. The number of aliphatic hydroxyl groups is 2. The van der Waals surface area contributed by atoms with Gasteiger partial charge in [-0.3, -0.25) is 24.0 Å². The molecule has 1 amide bonds. The van der Waals surface area contributed by atoms with E-state index in [-0.39, 0.29) is 33.7 Å². The predicted octanol–water partition coefficient (Wildman–Crippen LogP) is 7.80. The Morgan fingerprint density at radius 1 is 0.882 bits per heavy atom. The second-order valence-corrected chi connectivity index (χ2v) is 18.0. The number of aliphatic hydroxyl groups excluding tert-OH is 2. The van der Waals surface area contributed by atoms with Crippen molar-refractivity contribution in [2.45, 2.75) is 98.9 Å². The van der Waals surface area contributed by atoms with Gasteiger partial charge in [0.05, 0.1) is 46.8 Å².